The van der Waals surface area contributed by atoms with Crippen LogP contribution in [-0.2, 0) is 4.79 Å². The molecule has 2 saturated heterocycles. The highest BCUT2D eigenvalue weighted by Crippen LogP contribution is 2.34. The highest BCUT2D eigenvalue weighted by molar-refractivity contribution is 5.97. The smallest absolute Gasteiger partial charge is 0.259 e. The molecule has 0 unspecified atom stereocenters. The molecule has 2 aliphatic rings. The molecule has 2 aromatic rings. The van der Waals surface area contributed by atoms with Gasteiger partial charge in [-0.05, 0) is 32.8 Å². The predicted octanol–water partition coefficient (Wildman–Crippen LogP) is 1.28. The number of nitrogens with one attached hydrogen (secondary N) is 1. The molecule has 2 aromatic heterocycles. The molecule has 1 N–H and O–H groups in total. The third-order valence-electron chi connectivity index (χ3n) is 5.87. The second-order valence-corrected chi connectivity index (χ2v) is 7.71. The lowest BCUT2D eigenvalue weighted by molar-refractivity contribution is -0.124. The van der Waals surface area contributed by atoms with E-state index in [9.17, 15) is 9.59 Å². The van der Waals surface area contributed by atoms with Gasteiger partial charge in [0.15, 0.2) is 0 Å². The van der Waals surface area contributed by atoms with E-state index in [1.54, 1.807) is 32.0 Å². The molecule has 0 bridgehead atoms. The zero-order chi connectivity index (χ0) is 20.5. The fraction of sp³-hybridized carbons (Fsp3) is 0.550. The van der Waals surface area contributed by atoms with Gasteiger partial charge in [-0.3, -0.25) is 9.59 Å². The summed E-state index contributed by atoms with van der Waals surface area (Å²) < 4.78 is 5.15. The van der Waals surface area contributed by atoms with Crippen LogP contribution in [0.1, 0.15) is 46.3 Å². The number of nitrogens with zero attached hydrogens (tertiary/aromatic N) is 5. The predicted molar refractivity (Wildman–Crippen MR) is 106 cm³/mol. The van der Waals surface area contributed by atoms with Crippen molar-refractivity contribution >= 4 is 17.8 Å². The number of aryl methyl sites for hydroxylation is 2. The number of hydrogen-bond acceptors (Lipinski definition) is 7. The molecule has 4 heterocycles. The van der Waals surface area contributed by atoms with Crippen molar-refractivity contribution in [2.24, 2.45) is 5.92 Å². The van der Waals surface area contributed by atoms with Crippen LogP contribution >= 0.6 is 0 Å². The van der Waals surface area contributed by atoms with Crippen LogP contribution < -0.4 is 10.2 Å². The molecule has 4 rings (SSSR count). The maximum atomic E-state index is 13.1. The Balaban J connectivity index is 1.62. The number of anilines is 1. The summed E-state index contributed by atoms with van der Waals surface area (Å²) in [6, 6.07) is 1.85. The van der Waals surface area contributed by atoms with E-state index in [0.717, 1.165) is 31.6 Å². The summed E-state index contributed by atoms with van der Waals surface area (Å²) in [5.41, 5.74) is 1.83. The first-order chi connectivity index (χ1) is 14.0. The van der Waals surface area contributed by atoms with Gasteiger partial charge in [0.25, 0.3) is 5.91 Å². The summed E-state index contributed by atoms with van der Waals surface area (Å²) in [7, 11) is 1.62. The quantitative estimate of drug-likeness (QED) is 0.827. The van der Waals surface area contributed by atoms with Crippen molar-refractivity contribution in [3.8, 4) is 0 Å². The number of aromatic nitrogens is 3. The minimum atomic E-state index is -0.370. The summed E-state index contributed by atoms with van der Waals surface area (Å²) in [5.74, 6) is 0.378. The van der Waals surface area contributed by atoms with Crippen molar-refractivity contribution in [3.63, 3.8) is 0 Å². The second kappa shape index (κ2) is 7.81. The van der Waals surface area contributed by atoms with Crippen molar-refractivity contribution < 1.29 is 14.1 Å². The number of carbonyl (C=O) groups is 2. The molecular weight excluding hydrogens is 372 g/mol. The van der Waals surface area contributed by atoms with Gasteiger partial charge in [-0.25, -0.2) is 9.97 Å². The van der Waals surface area contributed by atoms with Gasteiger partial charge < -0.3 is 19.6 Å². The fourth-order valence-corrected chi connectivity index (χ4v) is 4.30. The van der Waals surface area contributed by atoms with Crippen LogP contribution in [0.4, 0.5) is 5.95 Å². The van der Waals surface area contributed by atoms with E-state index in [2.05, 4.69) is 20.4 Å². The second-order valence-electron chi connectivity index (χ2n) is 7.71. The molecule has 2 aliphatic heterocycles. The third-order valence-corrected chi connectivity index (χ3v) is 5.87. The number of amides is 2. The van der Waals surface area contributed by atoms with E-state index in [-0.39, 0.29) is 23.7 Å². The lowest BCUT2D eigenvalue weighted by Crippen LogP contribution is -2.34. The van der Waals surface area contributed by atoms with E-state index < -0.39 is 0 Å². The summed E-state index contributed by atoms with van der Waals surface area (Å²) in [4.78, 5) is 38.8. The third kappa shape index (κ3) is 3.56. The highest BCUT2D eigenvalue weighted by atomic mass is 16.5. The van der Waals surface area contributed by atoms with Crippen LogP contribution in [0.15, 0.2) is 16.8 Å². The maximum absolute atomic E-state index is 13.1. The molecule has 0 radical (unpaired) electrons. The Morgan fingerprint density at radius 2 is 1.97 bits per heavy atom. The van der Waals surface area contributed by atoms with Crippen molar-refractivity contribution in [1.29, 1.82) is 0 Å². The zero-order valence-corrected chi connectivity index (χ0v) is 17.0. The summed E-state index contributed by atoms with van der Waals surface area (Å²) in [6.07, 6.45) is 4.02. The minimum absolute atomic E-state index is 0.0922. The Kier molecular flexibility index (Phi) is 5.21. The monoisotopic (exact) mass is 398 g/mol. The molecule has 0 saturated carbocycles. The zero-order valence-electron chi connectivity index (χ0n) is 17.0. The average molecular weight is 398 g/mol. The van der Waals surface area contributed by atoms with E-state index in [0.29, 0.717) is 36.1 Å². The number of carbonyl (C=O) groups excluding carboxylic acids is 2. The molecular formula is C20H26N6O3. The van der Waals surface area contributed by atoms with E-state index >= 15 is 0 Å². The number of likely N-dealkylation sites (tertiary alicyclic amines) is 1. The number of rotatable bonds is 4. The van der Waals surface area contributed by atoms with Gasteiger partial charge >= 0.3 is 0 Å². The lowest BCUT2D eigenvalue weighted by atomic mass is 9.92. The summed E-state index contributed by atoms with van der Waals surface area (Å²) >= 11 is 0. The van der Waals surface area contributed by atoms with Gasteiger partial charge in [0.05, 0.1) is 17.3 Å². The van der Waals surface area contributed by atoms with Gasteiger partial charge in [0.2, 0.25) is 11.9 Å². The van der Waals surface area contributed by atoms with Crippen LogP contribution in [0.25, 0.3) is 0 Å². The SMILES string of the molecule is CNC(=O)[C@@H]1CN(C(=O)c2c(C)noc2C)C[C@H]1c1ccnc(N2CCCC2)n1. The molecule has 0 spiro atoms. The van der Waals surface area contributed by atoms with Gasteiger partial charge in [-0.15, -0.1) is 0 Å². The average Bonchev–Trinajstić information content (AvgIpc) is 3.47. The largest absolute Gasteiger partial charge is 0.361 e. The molecule has 29 heavy (non-hydrogen) atoms. The maximum Gasteiger partial charge on any atom is 0.259 e. The fourth-order valence-electron chi connectivity index (χ4n) is 4.30. The van der Waals surface area contributed by atoms with Crippen LogP contribution in [-0.4, -0.2) is 65.1 Å². The topological polar surface area (TPSA) is 104 Å². The molecule has 0 aromatic carbocycles. The van der Waals surface area contributed by atoms with Crippen LogP contribution in [0.2, 0.25) is 0 Å². The van der Waals surface area contributed by atoms with E-state index in [4.69, 9.17) is 9.51 Å². The van der Waals surface area contributed by atoms with E-state index in [1.165, 1.54) is 0 Å². The summed E-state index contributed by atoms with van der Waals surface area (Å²) in [5, 5.41) is 6.62. The first-order valence-electron chi connectivity index (χ1n) is 10.0. The Morgan fingerprint density at radius 3 is 2.62 bits per heavy atom. The molecule has 2 fully saturated rings. The van der Waals surface area contributed by atoms with Gasteiger partial charge in [-0.2, -0.15) is 0 Å². The molecule has 9 nitrogen and oxygen atoms in total. The molecule has 9 heteroatoms. The Morgan fingerprint density at radius 1 is 1.21 bits per heavy atom. The van der Waals surface area contributed by atoms with Crippen molar-refractivity contribution in [2.75, 3.05) is 38.1 Å². The molecule has 2 amide bonds. The Labute approximate surface area is 169 Å². The Hall–Kier alpha value is -2.97. The van der Waals surface area contributed by atoms with Crippen molar-refractivity contribution in [1.82, 2.24) is 25.3 Å². The van der Waals surface area contributed by atoms with Crippen molar-refractivity contribution in [3.05, 3.63) is 35.0 Å². The highest BCUT2D eigenvalue weighted by Gasteiger charge is 2.42. The van der Waals surface area contributed by atoms with Crippen LogP contribution in [0.5, 0.6) is 0 Å². The molecule has 154 valence electrons. The Bertz CT molecular complexity index is 901. The minimum Gasteiger partial charge on any atom is -0.361 e. The standard InChI is InChI=1S/C20H26N6O3/c1-12-17(13(2)29-24-12)19(28)26-10-14(15(11-26)18(27)21-3)16-6-7-22-20(23-16)25-8-4-5-9-25/h6-7,14-15H,4-5,8-11H2,1-3H3,(H,21,27)/t14-,15-/m1/s1. The van der Waals surface area contributed by atoms with Gasteiger partial charge in [0, 0.05) is 45.3 Å². The van der Waals surface area contributed by atoms with Crippen molar-refractivity contribution in [2.45, 2.75) is 32.6 Å². The van der Waals surface area contributed by atoms with Gasteiger partial charge in [0.1, 0.15) is 11.3 Å². The molecule has 2 atom stereocenters. The number of hydrogen-bond donors (Lipinski definition) is 1. The summed E-state index contributed by atoms with van der Waals surface area (Å²) in [6.45, 7) is 6.12. The van der Waals surface area contributed by atoms with E-state index in [1.807, 2.05) is 6.07 Å². The molecule has 0 aliphatic carbocycles. The van der Waals surface area contributed by atoms with Crippen LogP contribution in [0, 0.1) is 19.8 Å². The first-order valence-corrected chi connectivity index (χ1v) is 10.0. The lowest BCUT2D eigenvalue weighted by Gasteiger charge is -2.19. The van der Waals surface area contributed by atoms with Gasteiger partial charge in [-0.1, -0.05) is 5.16 Å². The normalized spacial score (nSPS) is 21.6. The first kappa shape index (κ1) is 19.4. The van der Waals surface area contributed by atoms with Crippen LogP contribution in [0.3, 0.4) is 0 Å².